The third-order valence-corrected chi connectivity index (χ3v) is 4.22. The highest BCUT2D eigenvalue weighted by Crippen LogP contribution is 2.21. The van der Waals surface area contributed by atoms with Gasteiger partial charge in [0.05, 0.1) is 11.5 Å². The lowest BCUT2D eigenvalue weighted by Crippen LogP contribution is -2.35. The van der Waals surface area contributed by atoms with Gasteiger partial charge in [0.2, 0.25) is 0 Å². The van der Waals surface area contributed by atoms with Crippen LogP contribution in [0.25, 0.3) is 0 Å². The highest BCUT2D eigenvalue weighted by Gasteiger charge is 2.30. The van der Waals surface area contributed by atoms with Gasteiger partial charge >= 0.3 is 0 Å². The molecule has 1 aliphatic heterocycles. The van der Waals surface area contributed by atoms with Crippen LogP contribution in [0.2, 0.25) is 0 Å². The lowest BCUT2D eigenvalue weighted by molar-refractivity contribution is -0.119. The molecule has 0 bridgehead atoms. The van der Waals surface area contributed by atoms with E-state index in [0.29, 0.717) is 12.7 Å². The van der Waals surface area contributed by atoms with Gasteiger partial charge in [0, 0.05) is 13.0 Å². The molecule has 4 nitrogen and oxygen atoms in total. The molecule has 76 valence electrons. The molecule has 0 N–H and O–H groups in total. The Morgan fingerprint density at radius 2 is 2.23 bits per heavy atom. The van der Waals surface area contributed by atoms with Crippen LogP contribution in [0, 0.1) is 5.92 Å². The molecule has 0 saturated carbocycles. The second kappa shape index (κ2) is 4.19. The molecule has 2 unspecified atom stereocenters. The predicted molar refractivity (Wildman–Crippen MR) is 48.2 cm³/mol. The fourth-order valence-corrected chi connectivity index (χ4v) is 3.46. The first-order valence-corrected chi connectivity index (χ1v) is 6.09. The molecule has 0 spiro atoms. The van der Waals surface area contributed by atoms with Crippen molar-refractivity contribution >= 4 is 16.1 Å². The molecule has 1 saturated heterocycles. The largest absolute Gasteiger partial charge is 0.374 e. The summed E-state index contributed by atoms with van der Waals surface area (Å²) in [5.41, 5.74) is 0. The Morgan fingerprint density at radius 1 is 1.54 bits per heavy atom. The zero-order valence-electron chi connectivity index (χ0n) is 7.60. The topological polar surface area (TPSA) is 60.4 Å². The lowest BCUT2D eigenvalue weighted by atomic mass is 10.00. The van der Waals surface area contributed by atoms with Crippen molar-refractivity contribution in [2.75, 3.05) is 18.6 Å². The van der Waals surface area contributed by atoms with Gasteiger partial charge < -0.3 is 9.53 Å². The minimum absolute atomic E-state index is 0.0875. The normalized spacial score (nSPS) is 29.5. The van der Waals surface area contributed by atoms with E-state index in [0.717, 1.165) is 6.42 Å². The Bertz CT molecular complexity index is 270. The van der Waals surface area contributed by atoms with E-state index < -0.39 is 15.9 Å². The molecule has 1 fully saturated rings. The van der Waals surface area contributed by atoms with E-state index >= 15 is 0 Å². The minimum Gasteiger partial charge on any atom is -0.374 e. The Hall–Kier alpha value is -0.420. The summed E-state index contributed by atoms with van der Waals surface area (Å²) < 4.78 is 27.4. The maximum absolute atomic E-state index is 11.2. The van der Waals surface area contributed by atoms with Crippen LogP contribution in [-0.4, -0.2) is 39.4 Å². The number of sulfone groups is 1. The van der Waals surface area contributed by atoms with Crippen LogP contribution in [0.3, 0.4) is 0 Å². The van der Waals surface area contributed by atoms with E-state index in [2.05, 4.69) is 0 Å². The molecule has 0 aliphatic carbocycles. The van der Waals surface area contributed by atoms with Crippen LogP contribution >= 0.6 is 0 Å². The van der Waals surface area contributed by atoms with Gasteiger partial charge in [0.25, 0.3) is 0 Å². The van der Waals surface area contributed by atoms with Gasteiger partial charge in [0.1, 0.15) is 12.4 Å². The number of aldehydes is 1. The van der Waals surface area contributed by atoms with Crippen molar-refractivity contribution in [3.63, 3.8) is 0 Å². The molecule has 0 aromatic carbocycles. The number of carbonyl (C=O) groups excluding carboxylic acids is 1. The quantitative estimate of drug-likeness (QED) is 0.611. The molecule has 1 heterocycles. The van der Waals surface area contributed by atoms with Crippen LogP contribution in [0.15, 0.2) is 0 Å². The van der Waals surface area contributed by atoms with Gasteiger partial charge in [-0.05, 0) is 12.8 Å². The lowest BCUT2D eigenvalue weighted by Gasteiger charge is -2.25. The average Bonchev–Trinajstić information content (AvgIpc) is 2.05. The number of carbonyl (C=O) groups is 1. The molecule has 13 heavy (non-hydrogen) atoms. The zero-order valence-corrected chi connectivity index (χ0v) is 8.42. The van der Waals surface area contributed by atoms with Gasteiger partial charge in [-0.15, -0.1) is 0 Å². The molecular weight excluding hydrogens is 192 g/mol. The number of ether oxygens (including phenoxy) is 1. The van der Waals surface area contributed by atoms with E-state index in [1.54, 1.807) is 0 Å². The van der Waals surface area contributed by atoms with Crippen molar-refractivity contribution in [2.45, 2.75) is 18.9 Å². The molecule has 2 atom stereocenters. The summed E-state index contributed by atoms with van der Waals surface area (Å²) in [6.07, 6.45) is 1.53. The predicted octanol–water partition coefficient (Wildman–Crippen LogP) is 0.0251. The summed E-state index contributed by atoms with van der Waals surface area (Å²) in [6, 6.07) is 0. The molecule has 0 radical (unpaired) electrons. The second-order valence-electron chi connectivity index (χ2n) is 3.35. The molecule has 0 amide bonds. The molecule has 5 heteroatoms. The van der Waals surface area contributed by atoms with Crippen molar-refractivity contribution in [2.24, 2.45) is 5.92 Å². The van der Waals surface area contributed by atoms with Crippen molar-refractivity contribution in [3.8, 4) is 0 Å². The summed E-state index contributed by atoms with van der Waals surface area (Å²) in [4.78, 5) is 10.5. The monoisotopic (exact) mass is 206 g/mol. The van der Waals surface area contributed by atoms with Crippen LogP contribution in [0.4, 0.5) is 0 Å². The molecule has 0 aromatic rings. The van der Waals surface area contributed by atoms with E-state index in [1.165, 1.54) is 7.11 Å². The standard InChI is InChI=1S/C8H14O4S/c1-12-8(5-9)7-3-2-4-13(10,11)6-7/h5,7-8H,2-4,6H2,1H3. The first-order valence-electron chi connectivity index (χ1n) is 4.27. The summed E-state index contributed by atoms with van der Waals surface area (Å²) in [7, 11) is -1.51. The smallest absolute Gasteiger partial charge is 0.150 e. The average molecular weight is 206 g/mol. The molecule has 1 rings (SSSR count). The first-order chi connectivity index (χ1) is 6.09. The summed E-state index contributed by atoms with van der Waals surface area (Å²) in [6.45, 7) is 0. The Kier molecular flexibility index (Phi) is 3.44. The summed E-state index contributed by atoms with van der Waals surface area (Å²) in [5, 5.41) is 0. The van der Waals surface area contributed by atoms with Gasteiger partial charge in [-0.3, -0.25) is 0 Å². The number of hydrogen-bond donors (Lipinski definition) is 0. The van der Waals surface area contributed by atoms with E-state index in [4.69, 9.17) is 4.74 Å². The third kappa shape index (κ3) is 2.77. The number of rotatable bonds is 3. The molecule has 1 aliphatic rings. The molecular formula is C8H14O4S. The van der Waals surface area contributed by atoms with E-state index in [-0.39, 0.29) is 17.4 Å². The first kappa shape index (κ1) is 10.7. The van der Waals surface area contributed by atoms with Crippen LogP contribution in [-0.2, 0) is 19.4 Å². The van der Waals surface area contributed by atoms with Gasteiger partial charge in [-0.2, -0.15) is 0 Å². The third-order valence-electron chi connectivity index (χ3n) is 2.37. The fourth-order valence-electron chi connectivity index (χ4n) is 1.68. The molecule has 0 aromatic heterocycles. The maximum Gasteiger partial charge on any atom is 0.150 e. The summed E-state index contributed by atoms with van der Waals surface area (Å²) in [5.74, 6) is 0.185. The SMILES string of the molecule is COC(C=O)C1CCCS(=O)(=O)C1. The van der Waals surface area contributed by atoms with Crippen molar-refractivity contribution in [1.82, 2.24) is 0 Å². The van der Waals surface area contributed by atoms with Gasteiger partial charge in [-0.25, -0.2) is 8.42 Å². The summed E-state index contributed by atoms with van der Waals surface area (Å²) >= 11 is 0. The Balaban J connectivity index is 2.65. The number of methoxy groups -OCH3 is 1. The van der Waals surface area contributed by atoms with Crippen molar-refractivity contribution in [1.29, 1.82) is 0 Å². The van der Waals surface area contributed by atoms with Crippen LogP contribution < -0.4 is 0 Å². The van der Waals surface area contributed by atoms with E-state index in [9.17, 15) is 13.2 Å². The van der Waals surface area contributed by atoms with Crippen LogP contribution in [0.5, 0.6) is 0 Å². The van der Waals surface area contributed by atoms with E-state index in [1.807, 2.05) is 0 Å². The highest BCUT2D eigenvalue weighted by molar-refractivity contribution is 7.91. The maximum atomic E-state index is 11.2. The minimum atomic E-state index is -2.94. The highest BCUT2D eigenvalue weighted by atomic mass is 32.2. The van der Waals surface area contributed by atoms with Crippen LogP contribution in [0.1, 0.15) is 12.8 Å². The Labute approximate surface area is 78.2 Å². The number of hydrogen-bond acceptors (Lipinski definition) is 4. The van der Waals surface area contributed by atoms with Crippen molar-refractivity contribution < 1.29 is 17.9 Å². The zero-order chi connectivity index (χ0) is 9.90. The fraction of sp³-hybridized carbons (Fsp3) is 0.875. The second-order valence-corrected chi connectivity index (χ2v) is 5.58. The van der Waals surface area contributed by atoms with Gasteiger partial charge in [0.15, 0.2) is 9.84 Å². The van der Waals surface area contributed by atoms with Gasteiger partial charge in [-0.1, -0.05) is 0 Å². The Morgan fingerprint density at radius 3 is 2.69 bits per heavy atom. The van der Waals surface area contributed by atoms with Crippen molar-refractivity contribution in [3.05, 3.63) is 0 Å².